The van der Waals surface area contributed by atoms with Crippen LogP contribution in [0.2, 0.25) is 0 Å². The van der Waals surface area contributed by atoms with Gasteiger partial charge in [-0.25, -0.2) is 0 Å². The third kappa shape index (κ3) is 3.70. The lowest BCUT2D eigenvalue weighted by molar-refractivity contribution is 0.443. The maximum atomic E-state index is 9.23. The SMILES string of the molecule is CC(C)/C=C(\C#N)c1ccc(C2CCCCC2)cc1. The van der Waals surface area contributed by atoms with Crippen molar-refractivity contribution in [1.82, 2.24) is 0 Å². The molecule has 0 bridgehead atoms. The molecule has 0 N–H and O–H groups in total. The topological polar surface area (TPSA) is 23.8 Å². The summed E-state index contributed by atoms with van der Waals surface area (Å²) in [7, 11) is 0. The quantitative estimate of drug-likeness (QED) is 0.671. The summed E-state index contributed by atoms with van der Waals surface area (Å²) >= 11 is 0. The lowest BCUT2D eigenvalue weighted by Crippen LogP contribution is -2.04. The van der Waals surface area contributed by atoms with E-state index in [1.54, 1.807) is 0 Å². The molecule has 0 spiro atoms. The highest BCUT2D eigenvalue weighted by molar-refractivity contribution is 5.76. The summed E-state index contributed by atoms with van der Waals surface area (Å²) in [4.78, 5) is 0. The Balaban J connectivity index is 2.15. The Labute approximate surface area is 117 Å². The van der Waals surface area contributed by atoms with Crippen molar-refractivity contribution < 1.29 is 0 Å². The van der Waals surface area contributed by atoms with Crippen molar-refractivity contribution in [2.24, 2.45) is 5.92 Å². The van der Waals surface area contributed by atoms with Crippen LogP contribution in [0.25, 0.3) is 5.57 Å². The highest BCUT2D eigenvalue weighted by Crippen LogP contribution is 2.33. The largest absolute Gasteiger partial charge is 0.192 e. The van der Waals surface area contributed by atoms with E-state index in [2.05, 4.69) is 44.2 Å². The van der Waals surface area contributed by atoms with Crippen LogP contribution in [0.3, 0.4) is 0 Å². The summed E-state index contributed by atoms with van der Waals surface area (Å²) in [6.07, 6.45) is 8.81. The van der Waals surface area contributed by atoms with E-state index in [4.69, 9.17) is 0 Å². The second-order valence-electron chi connectivity index (χ2n) is 5.89. The summed E-state index contributed by atoms with van der Waals surface area (Å²) in [6.45, 7) is 4.21. The molecular formula is C18H23N. The van der Waals surface area contributed by atoms with Gasteiger partial charge in [0.05, 0.1) is 11.6 Å². The molecule has 1 saturated carbocycles. The fourth-order valence-electron chi connectivity index (χ4n) is 2.90. The molecule has 2 rings (SSSR count). The maximum Gasteiger partial charge on any atom is 0.0994 e. The molecule has 0 atom stereocenters. The molecule has 0 aromatic heterocycles. The zero-order valence-electron chi connectivity index (χ0n) is 12.0. The highest BCUT2D eigenvalue weighted by Gasteiger charge is 2.15. The number of rotatable bonds is 3. The normalized spacial score (nSPS) is 17.5. The number of nitriles is 1. The average molecular weight is 253 g/mol. The Morgan fingerprint density at radius 2 is 1.79 bits per heavy atom. The van der Waals surface area contributed by atoms with Gasteiger partial charge in [-0.3, -0.25) is 0 Å². The Bertz CT molecular complexity index is 467. The maximum absolute atomic E-state index is 9.23. The molecule has 1 heteroatoms. The first kappa shape index (κ1) is 13.9. The molecule has 19 heavy (non-hydrogen) atoms. The molecule has 1 nitrogen and oxygen atoms in total. The monoisotopic (exact) mass is 253 g/mol. The zero-order valence-corrected chi connectivity index (χ0v) is 12.0. The van der Waals surface area contributed by atoms with Gasteiger partial charge in [-0.15, -0.1) is 0 Å². The van der Waals surface area contributed by atoms with Crippen molar-refractivity contribution >= 4 is 5.57 Å². The van der Waals surface area contributed by atoms with Crippen LogP contribution in [-0.2, 0) is 0 Å². The molecule has 1 aliphatic carbocycles. The van der Waals surface area contributed by atoms with E-state index in [1.165, 1.54) is 37.7 Å². The number of nitrogens with zero attached hydrogens (tertiary/aromatic N) is 1. The lowest BCUT2D eigenvalue weighted by Gasteiger charge is -2.22. The summed E-state index contributed by atoms with van der Waals surface area (Å²) in [5.74, 6) is 1.15. The van der Waals surface area contributed by atoms with Crippen LogP contribution >= 0.6 is 0 Å². The van der Waals surface area contributed by atoms with Crippen molar-refractivity contribution in [3.63, 3.8) is 0 Å². The number of allylic oxidation sites excluding steroid dienone is 2. The van der Waals surface area contributed by atoms with E-state index in [-0.39, 0.29) is 0 Å². The van der Waals surface area contributed by atoms with Crippen LogP contribution in [-0.4, -0.2) is 0 Å². The van der Waals surface area contributed by atoms with Gasteiger partial charge in [0.15, 0.2) is 0 Å². The van der Waals surface area contributed by atoms with Gasteiger partial charge in [-0.1, -0.05) is 63.5 Å². The van der Waals surface area contributed by atoms with E-state index >= 15 is 0 Å². The molecule has 0 radical (unpaired) electrons. The minimum Gasteiger partial charge on any atom is -0.192 e. The van der Waals surface area contributed by atoms with E-state index < -0.39 is 0 Å². The molecule has 1 aliphatic rings. The Hall–Kier alpha value is -1.55. The fourth-order valence-corrected chi connectivity index (χ4v) is 2.90. The summed E-state index contributed by atoms with van der Waals surface area (Å²) in [5.41, 5.74) is 3.30. The molecule has 0 amide bonds. The molecule has 1 fully saturated rings. The van der Waals surface area contributed by atoms with Crippen LogP contribution in [0, 0.1) is 17.2 Å². The van der Waals surface area contributed by atoms with Crippen LogP contribution in [0.15, 0.2) is 30.3 Å². The Morgan fingerprint density at radius 1 is 1.16 bits per heavy atom. The zero-order chi connectivity index (χ0) is 13.7. The van der Waals surface area contributed by atoms with Crippen molar-refractivity contribution in [3.05, 3.63) is 41.5 Å². The molecule has 0 aliphatic heterocycles. The fraction of sp³-hybridized carbons (Fsp3) is 0.500. The second-order valence-corrected chi connectivity index (χ2v) is 5.89. The first-order chi connectivity index (χ1) is 9.20. The third-order valence-electron chi connectivity index (χ3n) is 3.92. The van der Waals surface area contributed by atoms with Gasteiger partial charge in [0.25, 0.3) is 0 Å². The summed E-state index contributed by atoms with van der Waals surface area (Å²) in [6, 6.07) is 11.0. The van der Waals surface area contributed by atoms with Gasteiger partial charge in [0.1, 0.15) is 0 Å². The van der Waals surface area contributed by atoms with Crippen molar-refractivity contribution in [3.8, 4) is 6.07 Å². The van der Waals surface area contributed by atoms with Gasteiger partial charge in [-0.05, 0) is 35.8 Å². The smallest absolute Gasteiger partial charge is 0.0994 e. The molecule has 0 heterocycles. The Kier molecular flexibility index (Phi) is 4.80. The van der Waals surface area contributed by atoms with E-state index in [0.717, 1.165) is 17.1 Å². The van der Waals surface area contributed by atoms with E-state index in [1.807, 2.05) is 6.08 Å². The minimum absolute atomic E-state index is 0.410. The molecule has 1 aromatic carbocycles. The van der Waals surface area contributed by atoms with Gasteiger partial charge in [0, 0.05) is 0 Å². The van der Waals surface area contributed by atoms with Gasteiger partial charge >= 0.3 is 0 Å². The first-order valence-corrected chi connectivity index (χ1v) is 7.43. The standard InChI is InChI=1S/C18H23N/c1-14(2)12-18(13-19)17-10-8-16(9-11-17)15-6-4-3-5-7-15/h8-12,14-15H,3-7H2,1-2H3/b18-12+. The molecule has 100 valence electrons. The molecule has 0 saturated heterocycles. The summed E-state index contributed by atoms with van der Waals surface area (Å²) < 4.78 is 0. The number of hydrogen-bond acceptors (Lipinski definition) is 1. The van der Waals surface area contributed by atoms with Crippen molar-refractivity contribution in [1.29, 1.82) is 5.26 Å². The highest BCUT2D eigenvalue weighted by atomic mass is 14.3. The first-order valence-electron chi connectivity index (χ1n) is 7.43. The van der Waals surface area contributed by atoms with Crippen LogP contribution < -0.4 is 0 Å². The average Bonchev–Trinajstić information content (AvgIpc) is 2.46. The number of benzene rings is 1. The predicted octanol–water partition coefficient (Wildman–Crippen LogP) is 5.30. The van der Waals surface area contributed by atoms with Crippen LogP contribution in [0.1, 0.15) is 63.0 Å². The third-order valence-corrected chi connectivity index (χ3v) is 3.92. The molecule has 1 aromatic rings. The van der Waals surface area contributed by atoms with Crippen molar-refractivity contribution in [2.45, 2.75) is 51.9 Å². The summed E-state index contributed by atoms with van der Waals surface area (Å²) in [5, 5.41) is 9.23. The van der Waals surface area contributed by atoms with Gasteiger partial charge < -0.3 is 0 Å². The van der Waals surface area contributed by atoms with Crippen molar-refractivity contribution in [2.75, 3.05) is 0 Å². The van der Waals surface area contributed by atoms with Crippen LogP contribution in [0.4, 0.5) is 0 Å². The van der Waals surface area contributed by atoms with E-state index in [9.17, 15) is 5.26 Å². The van der Waals surface area contributed by atoms with Gasteiger partial charge in [0.2, 0.25) is 0 Å². The van der Waals surface area contributed by atoms with Crippen LogP contribution in [0.5, 0.6) is 0 Å². The molecule has 0 unspecified atom stereocenters. The Morgan fingerprint density at radius 3 is 2.32 bits per heavy atom. The second kappa shape index (κ2) is 6.57. The van der Waals surface area contributed by atoms with E-state index in [0.29, 0.717) is 5.92 Å². The lowest BCUT2D eigenvalue weighted by atomic mass is 9.83. The number of hydrogen-bond donors (Lipinski definition) is 0. The minimum atomic E-state index is 0.410. The van der Waals surface area contributed by atoms with Gasteiger partial charge in [-0.2, -0.15) is 5.26 Å². The molecular weight excluding hydrogens is 230 g/mol. The predicted molar refractivity (Wildman–Crippen MR) is 80.7 cm³/mol.